The molecule has 1 aromatic heterocycles. The van der Waals surface area contributed by atoms with E-state index < -0.39 is 5.97 Å². The van der Waals surface area contributed by atoms with E-state index in [1.807, 2.05) is 0 Å². The molecule has 6 nitrogen and oxygen atoms in total. The highest BCUT2D eigenvalue weighted by Crippen LogP contribution is 2.13. The van der Waals surface area contributed by atoms with E-state index in [9.17, 15) is 4.79 Å². The number of nitrogens with zero attached hydrogens (tertiary/aromatic N) is 2. The zero-order valence-electron chi connectivity index (χ0n) is 12.0. The Balaban J connectivity index is 1.88. The van der Waals surface area contributed by atoms with Crippen LogP contribution in [0, 0.1) is 6.92 Å². The summed E-state index contributed by atoms with van der Waals surface area (Å²) >= 11 is 0. The van der Waals surface area contributed by atoms with Crippen LogP contribution in [0.3, 0.4) is 0 Å². The Morgan fingerprint density at radius 1 is 1.45 bits per heavy atom. The molecule has 1 atom stereocenters. The van der Waals surface area contributed by atoms with Crippen molar-refractivity contribution in [1.29, 1.82) is 0 Å². The highest BCUT2D eigenvalue weighted by Gasteiger charge is 2.14. The Bertz CT molecular complexity index is 459. The lowest BCUT2D eigenvalue weighted by Crippen LogP contribution is -2.35. The fourth-order valence-electron chi connectivity index (χ4n) is 2.27. The Hall–Kier alpha value is -1.69. The zero-order chi connectivity index (χ0) is 14.4. The first-order valence-electron chi connectivity index (χ1n) is 6.99. The fourth-order valence-corrected chi connectivity index (χ4v) is 2.27. The summed E-state index contributed by atoms with van der Waals surface area (Å²) in [5.41, 5.74) is 0.686. The molecule has 1 aliphatic rings. The maximum Gasteiger partial charge on any atom is 0.376 e. The molecule has 20 heavy (non-hydrogen) atoms. The van der Waals surface area contributed by atoms with Gasteiger partial charge in [-0.15, -0.1) is 0 Å². The minimum absolute atomic E-state index is 0.0401. The van der Waals surface area contributed by atoms with Crippen LogP contribution in [0.5, 0.6) is 5.88 Å². The van der Waals surface area contributed by atoms with Crippen molar-refractivity contribution >= 4 is 5.97 Å². The molecule has 110 valence electrons. The van der Waals surface area contributed by atoms with Gasteiger partial charge >= 0.3 is 5.97 Å². The van der Waals surface area contributed by atoms with E-state index >= 15 is 0 Å². The number of hydrogen-bond donors (Lipinski definition) is 1. The predicted molar refractivity (Wildman–Crippen MR) is 73.9 cm³/mol. The van der Waals surface area contributed by atoms with E-state index in [2.05, 4.69) is 20.0 Å². The number of hydrogen-bond acceptors (Lipinski definition) is 6. The first-order valence-corrected chi connectivity index (χ1v) is 6.99. The molecule has 0 saturated carbocycles. The molecule has 2 rings (SSSR count). The first kappa shape index (κ1) is 14.7. The molecule has 0 spiro atoms. The Morgan fingerprint density at radius 3 is 3.00 bits per heavy atom. The lowest BCUT2D eigenvalue weighted by molar-refractivity contribution is 0.0584. The molecule has 1 N–H and O–H groups in total. The lowest BCUT2D eigenvalue weighted by Gasteiger charge is -2.23. The third-order valence-corrected chi connectivity index (χ3v) is 3.33. The summed E-state index contributed by atoms with van der Waals surface area (Å²) in [6.07, 6.45) is 4.66. The van der Waals surface area contributed by atoms with Crippen LogP contribution in [-0.2, 0) is 4.74 Å². The van der Waals surface area contributed by atoms with E-state index in [4.69, 9.17) is 4.74 Å². The quantitative estimate of drug-likeness (QED) is 0.823. The second kappa shape index (κ2) is 7.19. The van der Waals surface area contributed by atoms with E-state index in [0.29, 0.717) is 24.2 Å². The van der Waals surface area contributed by atoms with Gasteiger partial charge in [-0.05, 0) is 32.7 Å². The SMILES string of the molecule is COC(=O)c1nc(C)cc(OCCC2CCCCN2)n1. The minimum Gasteiger partial charge on any atom is -0.478 e. The van der Waals surface area contributed by atoms with Crippen molar-refractivity contribution < 1.29 is 14.3 Å². The summed E-state index contributed by atoms with van der Waals surface area (Å²) < 4.78 is 10.2. The molecule has 0 aliphatic carbocycles. The van der Waals surface area contributed by atoms with Crippen LogP contribution in [0.4, 0.5) is 0 Å². The number of aryl methyl sites for hydroxylation is 1. The van der Waals surface area contributed by atoms with Crippen molar-refractivity contribution in [3.63, 3.8) is 0 Å². The van der Waals surface area contributed by atoms with Crippen molar-refractivity contribution in [3.8, 4) is 5.88 Å². The fraction of sp³-hybridized carbons (Fsp3) is 0.643. The van der Waals surface area contributed by atoms with Crippen LogP contribution >= 0.6 is 0 Å². The normalized spacial score (nSPS) is 18.6. The Morgan fingerprint density at radius 2 is 2.30 bits per heavy atom. The van der Waals surface area contributed by atoms with Gasteiger partial charge < -0.3 is 14.8 Å². The number of rotatable bonds is 5. The van der Waals surface area contributed by atoms with Gasteiger partial charge in [0.2, 0.25) is 11.7 Å². The van der Waals surface area contributed by atoms with Gasteiger partial charge in [0.15, 0.2) is 0 Å². The van der Waals surface area contributed by atoms with Crippen LogP contribution in [0.1, 0.15) is 42.0 Å². The number of carbonyl (C=O) groups is 1. The molecule has 0 bridgehead atoms. The Labute approximate surface area is 118 Å². The second-order valence-electron chi connectivity index (χ2n) is 4.95. The number of ether oxygens (including phenoxy) is 2. The van der Waals surface area contributed by atoms with Crippen molar-refractivity contribution in [2.45, 2.75) is 38.6 Å². The number of aromatic nitrogens is 2. The summed E-state index contributed by atoms with van der Waals surface area (Å²) in [7, 11) is 1.31. The van der Waals surface area contributed by atoms with Gasteiger partial charge in [-0.25, -0.2) is 9.78 Å². The van der Waals surface area contributed by atoms with E-state index in [-0.39, 0.29) is 5.82 Å². The predicted octanol–water partition coefficient (Wildman–Crippen LogP) is 1.48. The van der Waals surface area contributed by atoms with Crippen molar-refractivity contribution in [3.05, 3.63) is 17.6 Å². The van der Waals surface area contributed by atoms with E-state index in [0.717, 1.165) is 13.0 Å². The summed E-state index contributed by atoms with van der Waals surface area (Å²) in [6, 6.07) is 2.24. The number of nitrogens with one attached hydrogen (secondary N) is 1. The van der Waals surface area contributed by atoms with Crippen LogP contribution in [-0.4, -0.2) is 42.2 Å². The number of piperidine rings is 1. The average Bonchev–Trinajstić information content (AvgIpc) is 2.47. The third-order valence-electron chi connectivity index (χ3n) is 3.33. The second-order valence-corrected chi connectivity index (χ2v) is 4.95. The van der Waals surface area contributed by atoms with Gasteiger partial charge in [0.1, 0.15) is 0 Å². The Kier molecular flexibility index (Phi) is 5.29. The highest BCUT2D eigenvalue weighted by molar-refractivity contribution is 5.85. The molecule has 1 aromatic rings. The molecule has 2 heterocycles. The van der Waals surface area contributed by atoms with Gasteiger partial charge in [0, 0.05) is 17.8 Å². The molecular formula is C14H21N3O3. The molecule has 1 unspecified atom stereocenters. The van der Waals surface area contributed by atoms with Gasteiger partial charge in [0.05, 0.1) is 13.7 Å². The van der Waals surface area contributed by atoms with Crippen molar-refractivity contribution in [1.82, 2.24) is 15.3 Å². The van der Waals surface area contributed by atoms with Crippen LogP contribution < -0.4 is 10.1 Å². The third kappa shape index (κ3) is 4.16. The van der Waals surface area contributed by atoms with Gasteiger partial charge in [-0.2, -0.15) is 4.98 Å². The van der Waals surface area contributed by atoms with E-state index in [1.54, 1.807) is 13.0 Å². The highest BCUT2D eigenvalue weighted by atomic mass is 16.5. The molecule has 6 heteroatoms. The van der Waals surface area contributed by atoms with Crippen LogP contribution in [0.15, 0.2) is 6.07 Å². The van der Waals surface area contributed by atoms with Gasteiger partial charge in [0.25, 0.3) is 0 Å². The maximum absolute atomic E-state index is 11.4. The smallest absolute Gasteiger partial charge is 0.376 e. The van der Waals surface area contributed by atoms with Gasteiger partial charge in [-0.3, -0.25) is 0 Å². The van der Waals surface area contributed by atoms with Crippen LogP contribution in [0.25, 0.3) is 0 Å². The maximum atomic E-state index is 11.4. The summed E-state index contributed by atoms with van der Waals surface area (Å²) in [5, 5.41) is 3.47. The number of carbonyl (C=O) groups excluding carboxylic acids is 1. The number of esters is 1. The molecule has 1 fully saturated rings. The van der Waals surface area contributed by atoms with Crippen molar-refractivity contribution in [2.24, 2.45) is 0 Å². The summed E-state index contributed by atoms with van der Waals surface area (Å²) in [5.74, 6) is -0.0838. The molecule has 0 aromatic carbocycles. The lowest BCUT2D eigenvalue weighted by atomic mass is 10.0. The largest absolute Gasteiger partial charge is 0.478 e. The summed E-state index contributed by atoms with van der Waals surface area (Å²) in [6.45, 7) is 3.46. The van der Waals surface area contributed by atoms with Crippen LogP contribution in [0.2, 0.25) is 0 Å². The molecule has 1 saturated heterocycles. The molecule has 0 amide bonds. The van der Waals surface area contributed by atoms with Crippen molar-refractivity contribution in [2.75, 3.05) is 20.3 Å². The first-order chi connectivity index (χ1) is 9.69. The number of methoxy groups -OCH3 is 1. The minimum atomic E-state index is -0.549. The molecular weight excluding hydrogens is 258 g/mol. The zero-order valence-corrected chi connectivity index (χ0v) is 12.0. The van der Waals surface area contributed by atoms with Gasteiger partial charge in [-0.1, -0.05) is 6.42 Å². The molecule has 0 radical (unpaired) electrons. The standard InChI is InChI=1S/C14H21N3O3/c1-10-9-12(17-13(16-10)14(18)19-2)20-8-6-11-5-3-4-7-15-11/h9,11,15H,3-8H2,1-2H3. The summed E-state index contributed by atoms with van der Waals surface area (Å²) in [4.78, 5) is 19.5. The molecule has 1 aliphatic heterocycles. The monoisotopic (exact) mass is 279 g/mol. The topological polar surface area (TPSA) is 73.3 Å². The average molecular weight is 279 g/mol. The van der Waals surface area contributed by atoms with E-state index in [1.165, 1.54) is 26.4 Å².